The van der Waals surface area contributed by atoms with Gasteiger partial charge in [0.25, 0.3) is 0 Å². The molecule has 1 aromatic heterocycles. The van der Waals surface area contributed by atoms with Gasteiger partial charge in [-0.15, -0.1) is 0 Å². The zero-order valence-electron chi connectivity index (χ0n) is 16.1. The van der Waals surface area contributed by atoms with Crippen molar-refractivity contribution in [1.29, 1.82) is 0 Å². The maximum atomic E-state index is 14.4. The maximum absolute atomic E-state index is 14.4. The number of benzene rings is 3. The molecule has 30 heavy (non-hydrogen) atoms. The van der Waals surface area contributed by atoms with Gasteiger partial charge in [-0.1, -0.05) is 60.1 Å². The molecule has 1 amide bonds. The van der Waals surface area contributed by atoms with E-state index in [1.165, 1.54) is 12.1 Å². The van der Waals surface area contributed by atoms with Crippen molar-refractivity contribution in [3.8, 4) is 0 Å². The van der Waals surface area contributed by atoms with Gasteiger partial charge in [-0.05, 0) is 35.9 Å². The van der Waals surface area contributed by atoms with Crippen molar-refractivity contribution in [2.75, 3.05) is 0 Å². The summed E-state index contributed by atoms with van der Waals surface area (Å²) in [5.41, 5.74) is 2.95. The number of carbonyl (C=O) groups is 1. The van der Waals surface area contributed by atoms with E-state index in [1.807, 2.05) is 59.2 Å². The molecule has 0 aliphatic heterocycles. The topological polar surface area (TPSA) is 46.9 Å². The molecule has 0 bridgehead atoms. The molecule has 1 heterocycles. The summed E-state index contributed by atoms with van der Waals surface area (Å²) >= 11 is 6.22. The van der Waals surface area contributed by atoms with Crippen LogP contribution in [0.3, 0.4) is 0 Å². The van der Waals surface area contributed by atoms with Gasteiger partial charge in [0.05, 0.1) is 24.1 Å². The highest BCUT2D eigenvalue weighted by atomic mass is 35.5. The SMILES string of the molecule is O=C(/C=C\c1ccccc1)NCc1nc2ccccc2n1Cc1c(F)cccc1Cl. The zero-order valence-corrected chi connectivity index (χ0v) is 16.8. The van der Waals surface area contributed by atoms with Crippen molar-refractivity contribution >= 4 is 34.6 Å². The second-order valence-corrected chi connectivity index (χ2v) is 7.17. The Morgan fingerprint density at radius 3 is 2.60 bits per heavy atom. The molecule has 0 unspecified atom stereocenters. The highest BCUT2D eigenvalue weighted by Gasteiger charge is 2.15. The number of fused-ring (bicyclic) bond motifs is 1. The molecule has 0 saturated heterocycles. The Labute approximate surface area is 178 Å². The predicted molar refractivity (Wildman–Crippen MR) is 118 cm³/mol. The van der Waals surface area contributed by atoms with Crippen LogP contribution in [-0.2, 0) is 17.9 Å². The summed E-state index contributed by atoms with van der Waals surface area (Å²) in [6.45, 7) is 0.426. The average Bonchev–Trinajstić information content (AvgIpc) is 3.11. The third-order valence-electron chi connectivity index (χ3n) is 4.76. The van der Waals surface area contributed by atoms with Crippen LogP contribution in [0, 0.1) is 5.82 Å². The normalized spacial score (nSPS) is 11.3. The van der Waals surface area contributed by atoms with Crippen LogP contribution in [-0.4, -0.2) is 15.5 Å². The number of rotatable bonds is 6. The molecule has 4 rings (SSSR count). The van der Waals surface area contributed by atoms with E-state index >= 15 is 0 Å². The van der Waals surface area contributed by atoms with E-state index in [4.69, 9.17) is 11.6 Å². The standard InChI is InChI=1S/C24H19ClFN3O/c25-19-9-6-10-20(26)18(19)16-29-22-12-5-4-11-21(22)28-23(29)15-27-24(30)14-13-17-7-2-1-3-8-17/h1-14H,15-16H2,(H,27,30)/b14-13-. The van der Waals surface area contributed by atoms with Gasteiger partial charge in [-0.3, -0.25) is 4.79 Å². The van der Waals surface area contributed by atoms with Crippen molar-refractivity contribution in [2.24, 2.45) is 0 Å². The number of nitrogens with one attached hydrogen (secondary N) is 1. The Balaban J connectivity index is 1.57. The van der Waals surface area contributed by atoms with Gasteiger partial charge in [0.2, 0.25) is 5.91 Å². The van der Waals surface area contributed by atoms with Gasteiger partial charge in [-0.2, -0.15) is 0 Å². The molecule has 150 valence electrons. The molecular formula is C24H19ClFN3O. The van der Waals surface area contributed by atoms with Crippen molar-refractivity contribution in [3.63, 3.8) is 0 Å². The number of amides is 1. The van der Waals surface area contributed by atoms with Gasteiger partial charge >= 0.3 is 0 Å². The average molecular weight is 420 g/mol. The number of carbonyl (C=O) groups excluding carboxylic acids is 1. The molecule has 0 radical (unpaired) electrons. The first-order chi connectivity index (χ1) is 14.6. The van der Waals surface area contributed by atoms with Gasteiger partial charge in [0, 0.05) is 16.7 Å². The van der Waals surface area contributed by atoms with Crippen LogP contribution in [0.25, 0.3) is 17.1 Å². The summed E-state index contributed by atoms with van der Waals surface area (Å²) in [6, 6.07) is 21.8. The van der Waals surface area contributed by atoms with Crippen LogP contribution in [0.4, 0.5) is 4.39 Å². The molecule has 4 nitrogen and oxygen atoms in total. The molecule has 1 N–H and O–H groups in total. The van der Waals surface area contributed by atoms with Gasteiger partial charge in [0.15, 0.2) is 0 Å². The minimum absolute atomic E-state index is 0.207. The molecular weight excluding hydrogens is 401 g/mol. The minimum Gasteiger partial charge on any atom is -0.345 e. The number of imidazole rings is 1. The second-order valence-electron chi connectivity index (χ2n) is 6.76. The smallest absolute Gasteiger partial charge is 0.244 e. The lowest BCUT2D eigenvalue weighted by Crippen LogP contribution is -2.23. The molecule has 3 aromatic carbocycles. The van der Waals surface area contributed by atoms with E-state index in [0.717, 1.165) is 16.6 Å². The Morgan fingerprint density at radius 1 is 1.03 bits per heavy atom. The summed E-state index contributed by atoms with van der Waals surface area (Å²) < 4.78 is 16.2. The number of nitrogens with zero attached hydrogens (tertiary/aromatic N) is 2. The van der Waals surface area contributed by atoms with E-state index in [1.54, 1.807) is 18.2 Å². The van der Waals surface area contributed by atoms with E-state index in [0.29, 0.717) is 16.4 Å². The Morgan fingerprint density at radius 2 is 1.80 bits per heavy atom. The second kappa shape index (κ2) is 8.93. The lowest BCUT2D eigenvalue weighted by molar-refractivity contribution is -0.116. The fourth-order valence-corrected chi connectivity index (χ4v) is 3.46. The molecule has 6 heteroatoms. The van der Waals surface area contributed by atoms with Crippen LogP contribution in [0.15, 0.2) is 78.9 Å². The molecule has 0 spiro atoms. The lowest BCUT2D eigenvalue weighted by Gasteiger charge is -2.12. The Hall–Kier alpha value is -3.44. The van der Waals surface area contributed by atoms with Gasteiger partial charge in [-0.25, -0.2) is 9.37 Å². The number of para-hydroxylation sites is 2. The van der Waals surface area contributed by atoms with Gasteiger partial charge in [0.1, 0.15) is 11.6 Å². The summed E-state index contributed by atoms with van der Waals surface area (Å²) in [7, 11) is 0. The monoisotopic (exact) mass is 419 g/mol. The zero-order chi connectivity index (χ0) is 20.9. The lowest BCUT2D eigenvalue weighted by atomic mass is 10.2. The summed E-state index contributed by atoms with van der Waals surface area (Å²) in [6.07, 6.45) is 3.23. The molecule has 0 saturated carbocycles. The number of halogens is 2. The quantitative estimate of drug-likeness (QED) is 0.436. The fourth-order valence-electron chi connectivity index (χ4n) is 3.24. The van der Waals surface area contributed by atoms with Crippen LogP contribution in [0.5, 0.6) is 0 Å². The molecule has 4 aromatic rings. The summed E-state index contributed by atoms with van der Waals surface area (Å²) in [5.74, 6) is 0.0134. The minimum atomic E-state index is -0.374. The predicted octanol–water partition coefficient (Wildman–Crippen LogP) is 5.21. The van der Waals surface area contributed by atoms with Crippen molar-refractivity contribution in [2.45, 2.75) is 13.1 Å². The molecule has 0 atom stereocenters. The number of aromatic nitrogens is 2. The third-order valence-corrected chi connectivity index (χ3v) is 5.11. The van der Waals surface area contributed by atoms with Crippen molar-refractivity contribution in [3.05, 3.63) is 107 Å². The Kier molecular flexibility index (Phi) is 5.91. The fraction of sp³-hybridized carbons (Fsp3) is 0.0833. The highest BCUT2D eigenvalue weighted by molar-refractivity contribution is 6.31. The van der Waals surface area contributed by atoms with Crippen molar-refractivity contribution < 1.29 is 9.18 Å². The largest absolute Gasteiger partial charge is 0.345 e. The van der Waals surface area contributed by atoms with Crippen molar-refractivity contribution in [1.82, 2.24) is 14.9 Å². The molecule has 0 aliphatic carbocycles. The van der Waals surface area contributed by atoms with Crippen LogP contribution in [0.1, 0.15) is 17.0 Å². The van der Waals surface area contributed by atoms with E-state index < -0.39 is 0 Å². The first-order valence-electron chi connectivity index (χ1n) is 9.50. The van der Waals surface area contributed by atoms with Crippen LogP contribution >= 0.6 is 11.6 Å². The summed E-state index contributed by atoms with van der Waals surface area (Å²) in [4.78, 5) is 16.9. The van der Waals surface area contributed by atoms with Crippen LogP contribution in [0.2, 0.25) is 5.02 Å². The van der Waals surface area contributed by atoms with E-state index in [-0.39, 0.29) is 24.8 Å². The first-order valence-corrected chi connectivity index (χ1v) is 9.87. The number of hydrogen-bond acceptors (Lipinski definition) is 2. The summed E-state index contributed by atoms with van der Waals surface area (Å²) in [5, 5.41) is 3.20. The first kappa shape index (κ1) is 19.9. The molecule has 0 aliphatic rings. The number of hydrogen-bond donors (Lipinski definition) is 1. The van der Waals surface area contributed by atoms with Crippen LogP contribution < -0.4 is 5.32 Å². The molecule has 0 fully saturated rings. The highest BCUT2D eigenvalue weighted by Crippen LogP contribution is 2.24. The van der Waals surface area contributed by atoms with Gasteiger partial charge < -0.3 is 9.88 Å². The van der Waals surface area contributed by atoms with E-state index in [2.05, 4.69) is 10.3 Å². The maximum Gasteiger partial charge on any atom is 0.244 e. The Bertz CT molecular complexity index is 1200. The third kappa shape index (κ3) is 4.42. The van der Waals surface area contributed by atoms with E-state index in [9.17, 15) is 9.18 Å².